The number of carbonyl (C=O) groups excluding carboxylic acids is 1. The summed E-state index contributed by atoms with van der Waals surface area (Å²) in [5, 5.41) is 11.1. The van der Waals surface area contributed by atoms with Gasteiger partial charge >= 0.3 is 6.61 Å². The van der Waals surface area contributed by atoms with E-state index >= 15 is 0 Å². The molecule has 1 aromatic rings. The van der Waals surface area contributed by atoms with Crippen LogP contribution in [0.25, 0.3) is 0 Å². The number of rotatable bonds is 6. The molecule has 0 unspecified atom stereocenters. The minimum absolute atomic E-state index is 0.0355. The number of nitrogens with one attached hydrogen (secondary N) is 1. The third-order valence-corrected chi connectivity index (χ3v) is 1.93. The number of alkyl halides is 2. The van der Waals surface area contributed by atoms with Crippen LogP contribution in [0.3, 0.4) is 0 Å². The van der Waals surface area contributed by atoms with Crippen LogP contribution in [0, 0.1) is 0 Å². The first-order valence-corrected chi connectivity index (χ1v) is 5.07. The summed E-state index contributed by atoms with van der Waals surface area (Å²) in [4.78, 5) is 11.3. The number of hydrogen-bond acceptors (Lipinski definition) is 3. The summed E-state index contributed by atoms with van der Waals surface area (Å²) in [6.45, 7) is -2.91. The van der Waals surface area contributed by atoms with E-state index in [1.165, 1.54) is 24.3 Å². The lowest BCUT2D eigenvalue weighted by atomic mass is 10.2. The van der Waals surface area contributed by atoms with Crippen molar-refractivity contribution in [1.29, 1.82) is 0 Å². The zero-order valence-corrected chi connectivity index (χ0v) is 9.03. The lowest BCUT2D eigenvalue weighted by Crippen LogP contribution is -2.11. The van der Waals surface area contributed by atoms with E-state index in [9.17, 15) is 13.6 Å². The van der Waals surface area contributed by atoms with Crippen LogP contribution in [0.5, 0.6) is 5.75 Å². The molecule has 0 spiro atoms. The zero-order valence-electron chi connectivity index (χ0n) is 9.03. The Kier molecular flexibility index (Phi) is 5.35. The molecule has 0 bridgehead atoms. The molecule has 0 aliphatic rings. The fourth-order valence-electron chi connectivity index (χ4n) is 1.18. The third-order valence-electron chi connectivity index (χ3n) is 1.93. The molecule has 2 N–H and O–H groups in total. The van der Waals surface area contributed by atoms with Gasteiger partial charge in [-0.3, -0.25) is 4.79 Å². The van der Waals surface area contributed by atoms with Crippen molar-refractivity contribution in [3.63, 3.8) is 0 Å². The first kappa shape index (κ1) is 13.4. The highest BCUT2D eigenvalue weighted by Crippen LogP contribution is 2.17. The molecular weight excluding hydrogens is 232 g/mol. The van der Waals surface area contributed by atoms with Gasteiger partial charge < -0.3 is 15.2 Å². The predicted molar refractivity (Wildman–Crippen MR) is 58.0 cm³/mol. The molecule has 4 nitrogen and oxygen atoms in total. The largest absolute Gasteiger partial charge is 0.435 e. The molecule has 17 heavy (non-hydrogen) atoms. The van der Waals surface area contributed by atoms with E-state index < -0.39 is 6.61 Å². The van der Waals surface area contributed by atoms with Crippen LogP contribution < -0.4 is 10.1 Å². The second-order valence-electron chi connectivity index (χ2n) is 3.28. The average Bonchev–Trinajstić information content (AvgIpc) is 2.28. The Morgan fingerprint density at radius 3 is 2.53 bits per heavy atom. The first-order chi connectivity index (χ1) is 8.11. The van der Waals surface area contributed by atoms with Crippen LogP contribution in [0.1, 0.15) is 12.8 Å². The summed E-state index contributed by atoms with van der Waals surface area (Å²) in [5.74, 6) is -0.199. The Balaban J connectivity index is 2.47. The molecule has 0 aliphatic heterocycles. The minimum Gasteiger partial charge on any atom is -0.435 e. The van der Waals surface area contributed by atoms with E-state index in [0.717, 1.165) is 0 Å². The van der Waals surface area contributed by atoms with Crippen molar-refractivity contribution >= 4 is 11.6 Å². The van der Waals surface area contributed by atoms with Crippen LogP contribution in [-0.4, -0.2) is 24.2 Å². The molecule has 1 rings (SSSR count). The van der Waals surface area contributed by atoms with Gasteiger partial charge in [0.05, 0.1) is 0 Å². The molecule has 94 valence electrons. The third kappa shape index (κ3) is 5.26. The van der Waals surface area contributed by atoms with Crippen LogP contribution >= 0.6 is 0 Å². The van der Waals surface area contributed by atoms with Crippen molar-refractivity contribution in [3.8, 4) is 5.75 Å². The molecule has 1 aromatic carbocycles. The molecule has 0 aromatic heterocycles. The normalized spacial score (nSPS) is 10.4. The van der Waals surface area contributed by atoms with Crippen molar-refractivity contribution in [2.45, 2.75) is 19.5 Å². The fourth-order valence-corrected chi connectivity index (χ4v) is 1.18. The van der Waals surface area contributed by atoms with Gasteiger partial charge in [-0.15, -0.1) is 0 Å². The van der Waals surface area contributed by atoms with Crippen molar-refractivity contribution in [3.05, 3.63) is 24.3 Å². The van der Waals surface area contributed by atoms with Crippen molar-refractivity contribution in [2.75, 3.05) is 11.9 Å². The smallest absolute Gasteiger partial charge is 0.387 e. The topological polar surface area (TPSA) is 58.6 Å². The lowest BCUT2D eigenvalue weighted by molar-refractivity contribution is -0.116. The first-order valence-electron chi connectivity index (χ1n) is 5.07. The molecule has 0 radical (unpaired) electrons. The molecule has 1 amide bonds. The van der Waals surface area contributed by atoms with Gasteiger partial charge in [0.15, 0.2) is 0 Å². The average molecular weight is 245 g/mol. The second kappa shape index (κ2) is 6.80. The molecule has 0 saturated carbocycles. The van der Waals surface area contributed by atoms with Gasteiger partial charge in [0.25, 0.3) is 0 Å². The van der Waals surface area contributed by atoms with Crippen molar-refractivity contribution in [2.24, 2.45) is 0 Å². The summed E-state index contributed by atoms with van der Waals surface area (Å²) in [5.41, 5.74) is 0.495. The summed E-state index contributed by atoms with van der Waals surface area (Å²) >= 11 is 0. The van der Waals surface area contributed by atoms with E-state index in [2.05, 4.69) is 10.1 Å². The van der Waals surface area contributed by atoms with Gasteiger partial charge in [-0.2, -0.15) is 8.78 Å². The van der Waals surface area contributed by atoms with Gasteiger partial charge in [-0.1, -0.05) is 0 Å². The Hall–Kier alpha value is -1.69. The Morgan fingerprint density at radius 1 is 1.35 bits per heavy atom. The molecule has 0 aliphatic carbocycles. The van der Waals surface area contributed by atoms with Gasteiger partial charge in [0.2, 0.25) is 5.91 Å². The number of benzene rings is 1. The Bertz CT molecular complexity index is 354. The van der Waals surface area contributed by atoms with E-state index in [-0.39, 0.29) is 24.7 Å². The molecule has 0 heterocycles. The van der Waals surface area contributed by atoms with Gasteiger partial charge in [-0.05, 0) is 30.7 Å². The van der Waals surface area contributed by atoms with Crippen LogP contribution in [0.15, 0.2) is 24.3 Å². The summed E-state index contributed by atoms with van der Waals surface area (Å²) in [6.07, 6.45) is 0.601. The molecule has 0 atom stereocenters. The van der Waals surface area contributed by atoms with Crippen LogP contribution in [-0.2, 0) is 4.79 Å². The van der Waals surface area contributed by atoms with E-state index in [1.807, 2.05) is 0 Å². The van der Waals surface area contributed by atoms with E-state index in [0.29, 0.717) is 12.1 Å². The van der Waals surface area contributed by atoms with Gasteiger partial charge in [0, 0.05) is 18.7 Å². The summed E-state index contributed by atoms with van der Waals surface area (Å²) in [6, 6.07) is 5.62. The van der Waals surface area contributed by atoms with Gasteiger partial charge in [-0.25, -0.2) is 0 Å². The maximum atomic E-state index is 11.9. The SMILES string of the molecule is O=C(CCCO)Nc1ccc(OC(F)F)cc1. The minimum atomic E-state index is -2.86. The maximum absolute atomic E-state index is 11.9. The number of amides is 1. The van der Waals surface area contributed by atoms with E-state index in [4.69, 9.17) is 5.11 Å². The second-order valence-corrected chi connectivity index (χ2v) is 3.28. The monoisotopic (exact) mass is 245 g/mol. The number of aliphatic hydroxyl groups excluding tert-OH is 1. The Morgan fingerprint density at radius 2 is 2.00 bits per heavy atom. The van der Waals surface area contributed by atoms with Gasteiger partial charge in [0.1, 0.15) is 5.75 Å². The highest BCUT2D eigenvalue weighted by atomic mass is 19.3. The lowest BCUT2D eigenvalue weighted by Gasteiger charge is -2.07. The van der Waals surface area contributed by atoms with Crippen LogP contribution in [0.2, 0.25) is 0 Å². The van der Waals surface area contributed by atoms with E-state index in [1.54, 1.807) is 0 Å². The summed E-state index contributed by atoms with van der Waals surface area (Å²) < 4.78 is 27.9. The maximum Gasteiger partial charge on any atom is 0.387 e. The molecular formula is C11H13F2NO3. The molecule has 0 saturated heterocycles. The highest BCUT2D eigenvalue weighted by molar-refractivity contribution is 5.90. The fraction of sp³-hybridized carbons (Fsp3) is 0.364. The van der Waals surface area contributed by atoms with Crippen molar-refractivity contribution in [1.82, 2.24) is 0 Å². The zero-order chi connectivity index (χ0) is 12.7. The number of carbonyl (C=O) groups is 1. The summed E-state index contributed by atoms with van der Waals surface area (Å²) in [7, 11) is 0. The number of hydrogen-bond donors (Lipinski definition) is 2. The number of aliphatic hydroxyl groups is 1. The number of ether oxygens (including phenoxy) is 1. The molecule has 0 fully saturated rings. The quantitative estimate of drug-likeness (QED) is 0.805. The molecule has 6 heteroatoms. The number of halogens is 2. The highest BCUT2D eigenvalue weighted by Gasteiger charge is 2.05. The van der Waals surface area contributed by atoms with Crippen molar-refractivity contribution < 1.29 is 23.4 Å². The Labute approximate surface area is 97.2 Å². The predicted octanol–water partition coefficient (Wildman–Crippen LogP) is 2.00. The standard InChI is InChI=1S/C11H13F2NO3/c12-11(13)17-9-5-3-8(4-6-9)14-10(16)2-1-7-15/h3-6,11,15H,1-2,7H2,(H,14,16). The van der Waals surface area contributed by atoms with Crippen LogP contribution in [0.4, 0.5) is 14.5 Å². The number of anilines is 1.